The van der Waals surface area contributed by atoms with Crippen molar-refractivity contribution >= 4 is 9.24 Å². The zero-order valence-corrected chi connectivity index (χ0v) is 10.6. The van der Waals surface area contributed by atoms with E-state index in [0.717, 1.165) is 6.42 Å². The van der Waals surface area contributed by atoms with Gasteiger partial charge in [0.25, 0.3) is 0 Å². The highest BCUT2D eigenvalue weighted by atomic mass is 31.0. The Kier molecular flexibility index (Phi) is 4.85. The van der Waals surface area contributed by atoms with Crippen molar-refractivity contribution in [3.63, 3.8) is 0 Å². The Morgan fingerprint density at radius 1 is 1.38 bits per heavy atom. The quantitative estimate of drug-likeness (QED) is 0.700. The van der Waals surface area contributed by atoms with Gasteiger partial charge in [-0.05, 0) is 27.2 Å². The highest BCUT2D eigenvalue weighted by Gasteiger charge is 2.25. The van der Waals surface area contributed by atoms with Gasteiger partial charge in [0, 0.05) is 5.92 Å². The van der Waals surface area contributed by atoms with Gasteiger partial charge >= 0.3 is 0 Å². The summed E-state index contributed by atoms with van der Waals surface area (Å²) in [6, 6.07) is 0. The minimum absolute atomic E-state index is 0.0792. The summed E-state index contributed by atoms with van der Waals surface area (Å²) in [5.74, 6) is 0.128. The van der Waals surface area contributed by atoms with Gasteiger partial charge in [-0.2, -0.15) is 0 Å². The zero-order chi connectivity index (χ0) is 10.7. The predicted molar refractivity (Wildman–Crippen MR) is 59.8 cm³/mol. The summed E-state index contributed by atoms with van der Waals surface area (Å²) >= 11 is 0. The maximum Gasteiger partial charge on any atom is 0.0797 e. The smallest absolute Gasteiger partial charge is 0.0797 e. The Labute approximate surface area is 84.3 Å². The molecule has 80 valence electrons. The third-order valence-electron chi connectivity index (χ3n) is 2.57. The first-order chi connectivity index (χ1) is 5.69. The highest BCUT2D eigenvalue weighted by Crippen LogP contribution is 2.26. The first-order valence-corrected chi connectivity index (χ1v) is 5.42. The predicted octanol–water partition coefficient (Wildman–Crippen LogP) is 2.41. The van der Waals surface area contributed by atoms with Gasteiger partial charge in [0.1, 0.15) is 0 Å². The first kappa shape index (κ1) is 13.4. The van der Waals surface area contributed by atoms with Crippen molar-refractivity contribution in [1.82, 2.24) is 0 Å². The van der Waals surface area contributed by atoms with Crippen LogP contribution in [0.5, 0.6) is 0 Å². The third-order valence-corrected chi connectivity index (χ3v) is 3.14. The molecule has 0 aromatic carbocycles. The Balaban J connectivity index is 3.90. The van der Waals surface area contributed by atoms with E-state index in [1.165, 1.54) is 0 Å². The molecule has 0 saturated heterocycles. The summed E-state index contributed by atoms with van der Waals surface area (Å²) in [5, 5.41) is 8.91. The van der Waals surface area contributed by atoms with Crippen molar-refractivity contribution < 1.29 is 9.84 Å². The van der Waals surface area contributed by atoms with Gasteiger partial charge in [-0.15, -0.1) is 9.24 Å². The molecule has 0 radical (unpaired) electrons. The van der Waals surface area contributed by atoms with Gasteiger partial charge < -0.3 is 9.84 Å². The molecule has 0 aliphatic carbocycles. The summed E-state index contributed by atoms with van der Waals surface area (Å²) in [4.78, 5) is 0. The maximum absolute atomic E-state index is 9.64. The number of hydrogen-bond donors (Lipinski definition) is 1. The largest absolute Gasteiger partial charge is 0.386 e. The van der Waals surface area contributed by atoms with Gasteiger partial charge in [0.15, 0.2) is 0 Å². The lowest BCUT2D eigenvalue weighted by Crippen LogP contribution is -2.33. The van der Waals surface area contributed by atoms with E-state index in [-0.39, 0.29) is 11.5 Å². The average Bonchev–Trinajstić information content (AvgIpc) is 1.98. The van der Waals surface area contributed by atoms with Crippen LogP contribution in [0.25, 0.3) is 0 Å². The fourth-order valence-corrected chi connectivity index (χ4v) is 0.718. The molecule has 0 aliphatic heterocycles. The molecule has 2 nitrogen and oxygen atoms in total. The normalized spacial score (nSPS) is 19.6. The Bertz CT molecular complexity index is 149. The van der Waals surface area contributed by atoms with E-state index in [0.29, 0.717) is 6.61 Å². The molecule has 0 spiro atoms. The molecule has 3 atom stereocenters. The molecule has 0 aromatic heterocycles. The van der Waals surface area contributed by atoms with Crippen molar-refractivity contribution in [3.8, 4) is 0 Å². The van der Waals surface area contributed by atoms with E-state index in [2.05, 4.69) is 30.0 Å². The number of aliphatic hydroxyl groups is 1. The molecule has 0 heterocycles. The molecule has 13 heavy (non-hydrogen) atoms. The highest BCUT2D eigenvalue weighted by molar-refractivity contribution is 7.18. The summed E-state index contributed by atoms with van der Waals surface area (Å²) in [6.07, 6.45) is 0.985. The minimum Gasteiger partial charge on any atom is -0.386 e. The van der Waals surface area contributed by atoms with Crippen LogP contribution in [0.15, 0.2) is 0 Å². The SMILES string of the molecule is CCC(C)(C)OCC(C)C(C)(O)P. The average molecular weight is 206 g/mol. The molecule has 1 N–H and O–H groups in total. The second-order valence-corrected chi connectivity index (χ2v) is 5.72. The molecule has 3 heteroatoms. The summed E-state index contributed by atoms with van der Waals surface area (Å²) in [6.45, 7) is 10.6. The minimum atomic E-state index is -0.732. The van der Waals surface area contributed by atoms with Crippen LogP contribution in [-0.2, 0) is 4.74 Å². The number of ether oxygens (including phenoxy) is 1. The van der Waals surface area contributed by atoms with Crippen molar-refractivity contribution in [2.45, 2.75) is 52.0 Å². The molecule has 0 saturated carbocycles. The van der Waals surface area contributed by atoms with E-state index in [9.17, 15) is 5.11 Å². The lowest BCUT2D eigenvalue weighted by atomic mass is 10.0. The van der Waals surface area contributed by atoms with Crippen LogP contribution in [0, 0.1) is 5.92 Å². The monoisotopic (exact) mass is 206 g/mol. The van der Waals surface area contributed by atoms with Gasteiger partial charge in [-0.25, -0.2) is 0 Å². The number of hydrogen-bond acceptors (Lipinski definition) is 2. The van der Waals surface area contributed by atoms with Crippen LogP contribution < -0.4 is 0 Å². The van der Waals surface area contributed by atoms with Crippen LogP contribution in [0.3, 0.4) is 0 Å². The van der Waals surface area contributed by atoms with E-state index < -0.39 is 5.34 Å². The lowest BCUT2D eigenvalue weighted by molar-refractivity contribution is -0.0597. The van der Waals surface area contributed by atoms with Crippen LogP contribution in [-0.4, -0.2) is 22.7 Å². The second kappa shape index (κ2) is 4.72. The topological polar surface area (TPSA) is 29.5 Å². The van der Waals surface area contributed by atoms with E-state index in [4.69, 9.17) is 4.74 Å². The van der Waals surface area contributed by atoms with Crippen molar-refractivity contribution in [3.05, 3.63) is 0 Å². The summed E-state index contributed by atoms with van der Waals surface area (Å²) < 4.78 is 5.69. The van der Waals surface area contributed by atoms with Gasteiger partial charge in [0.05, 0.1) is 17.6 Å². The maximum atomic E-state index is 9.64. The molecule has 3 unspecified atom stereocenters. The molecule has 0 bridgehead atoms. The Hall–Kier alpha value is 0.350. The first-order valence-electron chi connectivity index (χ1n) is 4.84. The fraction of sp³-hybridized carbons (Fsp3) is 1.00. The van der Waals surface area contributed by atoms with Crippen molar-refractivity contribution in [1.29, 1.82) is 0 Å². The third kappa shape index (κ3) is 5.61. The van der Waals surface area contributed by atoms with Crippen molar-refractivity contribution in [2.75, 3.05) is 6.61 Å². The van der Waals surface area contributed by atoms with Gasteiger partial charge in [-0.3, -0.25) is 0 Å². The molecule has 0 aliphatic rings. The van der Waals surface area contributed by atoms with Gasteiger partial charge in [0.2, 0.25) is 0 Å². The van der Waals surface area contributed by atoms with Crippen molar-refractivity contribution in [2.24, 2.45) is 5.92 Å². The fourth-order valence-electron chi connectivity index (χ4n) is 0.621. The molecular formula is C10H23O2P. The zero-order valence-electron chi connectivity index (χ0n) is 9.42. The number of rotatable bonds is 5. The molecule has 0 amide bonds. The standard InChI is InChI=1S/C10H23O2P/c1-6-9(3,4)12-7-8(2)10(5,11)13/h8,11H,6-7,13H2,1-5H3. The molecular weight excluding hydrogens is 183 g/mol. The van der Waals surface area contributed by atoms with Crippen LogP contribution in [0.2, 0.25) is 0 Å². The van der Waals surface area contributed by atoms with Crippen LogP contribution >= 0.6 is 9.24 Å². The second-order valence-electron chi connectivity index (χ2n) is 4.55. The van der Waals surface area contributed by atoms with E-state index >= 15 is 0 Å². The van der Waals surface area contributed by atoms with E-state index in [1.807, 2.05) is 6.92 Å². The Morgan fingerprint density at radius 2 is 1.85 bits per heavy atom. The molecule has 0 rings (SSSR count). The Morgan fingerprint density at radius 3 is 2.15 bits per heavy atom. The van der Waals surface area contributed by atoms with Crippen LogP contribution in [0.1, 0.15) is 41.0 Å². The summed E-state index contributed by atoms with van der Waals surface area (Å²) in [7, 11) is 2.44. The molecule has 0 aromatic rings. The lowest BCUT2D eigenvalue weighted by Gasteiger charge is -2.30. The van der Waals surface area contributed by atoms with E-state index in [1.54, 1.807) is 6.92 Å². The van der Waals surface area contributed by atoms with Crippen LogP contribution in [0.4, 0.5) is 0 Å². The van der Waals surface area contributed by atoms with Gasteiger partial charge in [-0.1, -0.05) is 13.8 Å². The molecule has 0 fully saturated rings. The summed E-state index contributed by atoms with van der Waals surface area (Å²) in [5.41, 5.74) is -0.0792.